The first-order valence-electron chi connectivity index (χ1n) is 7.58. The molecule has 0 aromatic heterocycles. The fourth-order valence-corrected chi connectivity index (χ4v) is 3.30. The summed E-state index contributed by atoms with van der Waals surface area (Å²) in [6.45, 7) is 5.66. The van der Waals surface area contributed by atoms with Crippen LogP contribution in [0.3, 0.4) is 0 Å². The van der Waals surface area contributed by atoms with Gasteiger partial charge in [-0.2, -0.15) is 0 Å². The van der Waals surface area contributed by atoms with Crippen LogP contribution in [0.2, 0.25) is 0 Å². The largest absolute Gasteiger partial charge is 0.359 e. The number of ketones is 2. The Labute approximate surface area is 135 Å². The molecule has 3 atom stereocenters. The highest BCUT2D eigenvalue weighted by atomic mass is 31.2. The Kier molecular flexibility index (Phi) is 7.51. The summed E-state index contributed by atoms with van der Waals surface area (Å²) in [4.78, 5) is 33.0. The quantitative estimate of drug-likeness (QED) is 0.389. The summed E-state index contributed by atoms with van der Waals surface area (Å²) >= 11 is 0. The number of hydrogen-bond donors (Lipinski definition) is 3. The molecule has 1 aliphatic rings. The topological polar surface area (TPSA) is 119 Å². The Morgan fingerprint density at radius 2 is 1.73 bits per heavy atom. The SMILES string of the molecule is CC(C)(CCC(=O)CCCC(=O)CCC1(C)OP1N)P(N)O. The zero-order valence-corrected chi connectivity index (χ0v) is 15.5. The number of Topliss-reactive ketones (excluding diaryl/α,β-unsaturated/α-hetero) is 2. The molecule has 8 heteroatoms. The van der Waals surface area contributed by atoms with Crippen LogP contribution in [0.4, 0.5) is 0 Å². The first kappa shape index (κ1) is 20.1. The van der Waals surface area contributed by atoms with Gasteiger partial charge in [-0.25, -0.2) is 0 Å². The molecule has 128 valence electrons. The molecule has 0 saturated carbocycles. The van der Waals surface area contributed by atoms with E-state index >= 15 is 0 Å². The second kappa shape index (κ2) is 8.23. The minimum atomic E-state index is -1.54. The van der Waals surface area contributed by atoms with Crippen LogP contribution in [0.25, 0.3) is 0 Å². The summed E-state index contributed by atoms with van der Waals surface area (Å²) in [5.74, 6) is 0.287. The van der Waals surface area contributed by atoms with Gasteiger partial charge in [0.25, 0.3) is 0 Å². The second-order valence-electron chi connectivity index (χ2n) is 6.68. The number of hydrogen-bond acceptors (Lipinski definition) is 6. The Hall–Kier alpha value is 0.0400. The van der Waals surface area contributed by atoms with Crippen molar-refractivity contribution < 1.29 is 19.0 Å². The van der Waals surface area contributed by atoms with Crippen molar-refractivity contribution in [2.45, 2.75) is 76.2 Å². The van der Waals surface area contributed by atoms with Gasteiger partial charge in [0.2, 0.25) is 0 Å². The average molecular weight is 350 g/mol. The van der Waals surface area contributed by atoms with Gasteiger partial charge in [0.1, 0.15) is 33.5 Å². The molecule has 0 amide bonds. The van der Waals surface area contributed by atoms with Gasteiger partial charge < -0.3 is 9.42 Å². The highest BCUT2D eigenvalue weighted by Crippen LogP contribution is 2.66. The summed E-state index contributed by atoms with van der Waals surface area (Å²) in [6.07, 6.45) is 3.55. The zero-order valence-electron chi connectivity index (χ0n) is 13.7. The normalized spacial score (nSPS) is 25.8. The molecule has 0 radical (unpaired) electrons. The van der Waals surface area contributed by atoms with Gasteiger partial charge in [-0.3, -0.25) is 20.6 Å². The lowest BCUT2D eigenvalue weighted by molar-refractivity contribution is -0.120. The lowest BCUT2D eigenvalue weighted by Gasteiger charge is -2.26. The smallest absolute Gasteiger partial charge is 0.133 e. The van der Waals surface area contributed by atoms with Gasteiger partial charge in [-0.05, 0) is 26.2 Å². The van der Waals surface area contributed by atoms with Crippen molar-refractivity contribution in [2.75, 3.05) is 0 Å². The van der Waals surface area contributed by atoms with Crippen LogP contribution in [-0.4, -0.2) is 27.0 Å². The van der Waals surface area contributed by atoms with E-state index in [2.05, 4.69) is 0 Å². The van der Waals surface area contributed by atoms with Crippen LogP contribution in [0.15, 0.2) is 0 Å². The van der Waals surface area contributed by atoms with Crippen molar-refractivity contribution in [2.24, 2.45) is 11.0 Å². The number of carbonyl (C=O) groups excluding carboxylic acids is 2. The van der Waals surface area contributed by atoms with Gasteiger partial charge in [-0.1, -0.05) is 13.8 Å². The molecule has 1 saturated heterocycles. The summed E-state index contributed by atoms with van der Waals surface area (Å²) in [7, 11) is -2.37. The summed E-state index contributed by atoms with van der Waals surface area (Å²) in [5, 5.41) is -0.668. The van der Waals surface area contributed by atoms with Crippen LogP contribution >= 0.6 is 16.6 Å². The number of carbonyl (C=O) groups is 2. The first-order valence-corrected chi connectivity index (χ1v) is 10.3. The third-order valence-electron chi connectivity index (χ3n) is 4.14. The van der Waals surface area contributed by atoms with E-state index in [9.17, 15) is 14.5 Å². The van der Waals surface area contributed by atoms with Crippen molar-refractivity contribution in [3.05, 3.63) is 0 Å². The molecule has 5 N–H and O–H groups in total. The lowest BCUT2D eigenvalue weighted by atomic mass is 10.0. The van der Waals surface area contributed by atoms with Gasteiger partial charge in [0.05, 0.1) is 0 Å². The number of rotatable bonds is 11. The van der Waals surface area contributed by atoms with E-state index in [0.29, 0.717) is 44.9 Å². The Balaban J connectivity index is 2.10. The first-order chi connectivity index (χ1) is 10.1. The van der Waals surface area contributed by atoms with Gasteiger partial charge in [0, 0.05) is 30.8 Å². The molecule has 0 aromatic rings. The second-order valence-corrected chi connectivity index (χ2v) is 10.4. The van der Waals surface area contributed by atoms with Crippen LogP contribution < -0.4 is 11.0 Å². The molecule has 0 spiro atoms. The molecule has 6 nitrogen and oxygen atoms in total. The van der Waals surface area contributed by atoms with E-state index in [1.54, 1.807) is 0 Å². The highest BCUT2D eigenvalue weighted by molar-refractivity contribution is 7.57. The van der Waals surface area contributed by atoms with Crippen molar-refractivity contribution >= 4 is 28.2 Å². The van der Waals surface area contributed by atoms with Crippen LogP contribution in [0.5, 0.6) is 0 Å². The molecule has 1 aliphatic heterocycles. The van der Waals surface area contributed by atoms with Crippen LogP contribution in [-0.2, 0) is 14.1 Å². The molecule has 1 heterocycles. The predicted octanol–water partition coefficient (Wildman–Crippen LogP) is 2.91. The van der Waals surface area contributed by atoms with Crippen LogP contribution in [0.1, 0.15) is 65.7 Å². The van der Waals surface area contributed by atoms with Crippen molar-refractivity contribution in [1.82, 2.24) is 0 Å². The van der Waals surface area contributed by atoms with E-state index in [1.807, 2.05) is 20.8 Å². The molecule has 0 aliphatic carbocycles. The van der Waals surface area contributed by atoms with E-state index in [4.69, 9.17) is 15.5 Å². The van der Waals surface area contributed by atoms with E-state index < -0.39 is 21.8 Å². The molecule has 1 rings (SSSR count). The van der Waals surface area contributed by atoms with Gasteiger partial charge >= 0.3 is 0 Å². The van der Waals surface area contributed by atoms with Crippen molar-refractivity contribution in [1.29, 1.82) is 0 Å². The van der Waals surface area contributed by atoms with Crippen molar-refractivity contribution in [3.8, 4) is 0 Å². The zero-order chi connectivity index (χ0) is 17.0. The third kappa shape index (κ3) is 6.66. The monoisotopic (exact) mass is 350 g/mol. The fourth-order valence-electron chi connectivity index (χ4n) is 2.01. The molecular formula is C14H28N2O4P2. The fraction of sp³-hybridized carbons (Fsp3) is 0.857. The van der Waals surface area contributed by atoms with E-state index in [0.717, 1.165) is 0 Å². The maximum Gasteiger partial charge on any atom is 0.133 e. The summed E-state index contributed by atoms with van der Waals surface area (Å²) < 4.78 is 5.29. The van der Waals surface area contributed by atoms with Gasteiger partial charge in [0.15, 0.2) is 0 Å². The minimum Gasteiger partial charge on any atom is -0.359 e. The molecule has 0 bridgehead atoms. The van der Waals surface area contributed by atoms with Crippen molar-refractivity contribution in [3.63, 3.8) is 0 Å². The molecular weight excluding hydrogens is 322 g/mol. The lowest BCUT2D eigenvalue weighted by Crippen LogP contribution is -2.22. The molecule has 22 heavy (non-hydrogen) atoms. The standard InChI is InChI=1S/C14H28N2O4P2/c1-13(2,21(15)19)9-7-11(17)5-4-6-12(18)8-10-14(3)20-22(14)16/h19H,4-10,15-16H2,1-3H3. The summed E-state index contributed by atoms with van der Waals surface area (Å²) in [5.41, 5.74) is 11.2. The maximum absolute atomic E-state index is 11.8. The number of nitrogens with two attached hydrogens (primary N) is 2. The molecule has 0 aromatic carbocycles. The maximum atomic E-state index is 11.8. The summed E-state index contributed by atoms with van der Waals surface area (Å²) in [6, 6.07) is 0. The van der Waals surface area contributed by atoms with E-state index in [-0.39, 0.29) is 16.9 Å². The predicted molar refractivity (Wildman–Crippen MR) is 90.3 cm³/mol. The third-order valence-corrected chi connectivity index (χ3v) is 7.29. The molecule has 3 unspecified atom stereocenters. The van der Waals surface area contributed by atoms with E-state index in [1.165, 1.54) is 0 Å². The minimum absolute atomic E-state index is 0.126. The average Bonchev–Trinajstić information content (AvgIpc) is 3.02. The van der Waals surface area contributed by atoms with Gasteiger partial charge in [-0.15, -0.1) is 0 Å². The Bertz CT molecular complexity index is 418. The van der Waals surface area contributed by atoms with Crippen LogP contribution in [0, 0.1) is 0 Å². The Morgan fingerprint density at radius 1 is 1.23 bits per heavy atom. The molecule has 1 fully saturated rings. The Morgan fingerprint density at radius 3 is 2.18 bits per heavy atom. The highest BCUT2D eigenvalue weighted by Gasteiger charge is 2.50.